The molecule has 0 spiro atoms. The van der Waals surface area contributed by atoms with E-state index in [0.717, 1.165) is 0 Å². The Hall–Kier alpha value is -2.27. The van der Waals surface area contributed by atoms with Crippen LogP contribution in [-0.4, -0.2) is 20.4 Å². The minimum Gasteiger partial charge on any atom is -0.292 e. The summed E-state index contributed by atoms with van der Waals surface area (Å²) < 4.78 is 15.2. The zero-order valence-corrected chi connectivity index (χ0v) is 12.6. The van der Waals surface area contributed by atoms with E-state index < -0.39 is 5.82 Å². The molecule has 0 unspecified atom stereocenters. The number of rotatable bonds is 4. The van der Waals surface area contributed by atoms with E-state index in [9.17, 15) is 9.18 Å². The number of benzene rings is 1. The summed E-state index contributed by atoms with van der Waals surface area (Å²) in [6, 6.07) is 7.63. The van der Waals surface area contributed by atoms with E-state index in [1.54, 1.807) is 24.4 Å². The Morgan fingerprint density at radius 1 is 1.36 bits per heavy atom. The quantitative estimate of drug-likeness (QED) is 0.678. The molecule has 3 aromatic rings. The van der Waals surface area contributed by atoms with Crippen LogP contribution in [0.4, 0.5) is 4.39 Å². The molecule has 0 saturated heterocycles. The molecule has 2 heterocycles. The highest BCUT2D eigenvalue weighted by Gasteiger charge is 2.21. The Labute approximate surface area is 131 Å². The average Bonchev–Trinajstić information content (AvgIpc) is 2.86. The second kappa shape index (κ2) is 5.85. The summed E-state index contributed by atoms with van der Waals surface area (Å²) in [7, 11) is 0. The molecule has 6 heteroatoms. The molecule has 1 aromatic carbocycles. The van der Waals surface area contributed by atoms with Crippen molar-refractivity contribution in [1.82, 2.24) is 14.6 Å². The van der Waals surface area contributed by atoms with Gasteiger partial charge in [-0.15, -0.1) is 0 Å². The van der Waals surface area contributed by atoms with Gasteiger partial charge in [0.15, 0.2) is 11.4 Å². The molecule has 112 valence electrons. The van der Waals surface area contributed by atoms with Gasteiger partial charge in [-0.1, -0.05) is 18.5 Å². The first-order valence-corrected chi connectivity index (χ1v) is 7.31. The summed E-state index contributed by atoms with van der Waals surface area (Å²) in [6.45, 7) is 1.92. The summed E-state index contributed by atoms with van der Waals surface area (Å²) in [6.07, 6.45) is 2.68. The maximum absolute atomic E-state index is 13.7. The maximum Gasteiger partial charge on any atom is 0.183 e. The van der Waals surface area contributed by atoms with Crippen LogP contribution in [0.3, 0.4) is 0 Å². The fourth-order valence-electron chi connectivity index (χ4n) is 2.38. The van der Waals surface area contributed by atoms with Crippen molar-refractivity contribution in [3.05, 3.63) is 53.1 Å². The topological polar surface area (TPSA) is 47.3 Å². The third-order valence-corrected chi connectivity index (χ3v) is 3.49. The van der Waals surface area contributed by atoms with Gasteiger partial charge in [0.2, 0.25) is 0 Å². The number of carbonyl (C=O) groups excluding carboxylic acids is 1. The van der Waals surface area contributed by atoms with E-state index in [1.807, 2.05) is 6.92 Å². The van der Waals surface area contributed by atoms with Crippen LogP contribution in [0.1, 0.15) is 30.3 Å². The van der Waals surface area contributed by atoms with Gasteiger partial charge in [-0.25, -0.2) is 13.9 Å². The Balaban J connectivity index is 2.29. The van der Waals surface area contributed by atoms with Crippen molar-refractivity contribution in [3.63, 3.8) is 0 Å². The van der Waals surface area contributed by atoms with Gasteiger partial charge in [0.25, 0.3) is 0 Å². The number of fused-ring (bicyclic) bond motifs is 1. The second-order valence-electron chi connectivity index (χ2n) is 4.93. The van der Waals surface area contributed by atoms with Gasteiger partial charge in [-0.05, 0) is 36.8 Å². The number of imidazole rings is 1. The van der Waals surface area contributed by atoms with E-state index >= 15 is 0 Å². The van der Waals surface area contributed by atoms with Crippen LogP contribution in [0.2, 0.25) is 5.02 Å². The normalized spacial score (nSPS) is 11.0. The molecule has 0 amide bonds. The van der Waals surface area contributed by atoms with Crippen molar-refractivity contribution in [3.8, 4) is 11.3 Å². The summed E-state index contributed by atoms with van der Waals surface area (Å²) >= 11 is 5.94. The highest BCUT2D eigenvalue weighted by Crippen LogP contribution is 2.28. The molecule has 0 bridgehead atoms. The molecule has 0 saturated carbocycles. The third kappa shape index (κ3) is 2.60. The number of ketones is 1. The monoisotopic (exact) mass is 317 g/mol. The van der Waals surface area contributed by atoms with Crippen LogP contribution in [0.25, 0.3) is 16.9 Å². The molecular weight excluding hydrogens is 305 g/mol. The van der Waals surface area contributed by atoms with E-state index in [2.05, 4.69) is 10.1 Å². The van der Waals surface area contributed by atoms with E-state index in [4.69, 9.17) is 11.6 Å². The van der Waals surface area contributed by atoms with Crippen molar-refractivity contribution in [2.24, 2.45) is 0 Å². The summed E-state index contributed by atoms with van der Waals surface area (Å²) in [5.41, 5.74) is 1.78. The van der Waals surface area contributed by atoms with Gasteiger partial charge in [-0.2, -0.15) is 5.10 Å². The van der Waals surface area contributed by atoms with Crippen molar-refractivity contribution in [1.29, 1.82) is 0 Å². The standard InChI is InChI=1S/C16H13ClFN3O/c1-2-4-13(22)15-16(10-7-11(17)9-12(18)8-10)21-14(20-15)5-3-6-19-21/h3,5-9H,2,4H2,1H3. The van der Waals surface area contributed by atoms with E-state index in [1.165, 1.54) is 16.6 Å². The van der Waals surface area contributed by atoms with Crippen LogP contribution in [0.15, 0.2) is 36.5 Å². The number of carbonyl (C=O) groups is 1. The van der Waals surface area contributed by atoms with Gasteiger partial charge in [0.1, 0.15) is 17.2 Å². The second-order valence-corrected chi connectivity index (χ2v) is 5.37. The number of aromatic nitrogens is 3. The molecule has 0 atom stereocenters. The highest BCUT2D eigenvalue weighted by molar-refractivity contribution is 6.30. The highest BCUT2D eigenvalue weighted by atomic mass is 35.5. The smallest absolute Gasteiger partial charge is 0.183 e. The van der Waals surface area contributed by atoms with Gasteiger partial charge >= 0.3 is 0 Å². The Morgan fingerprint density at radius 2 is 2.18 bits per heavy atom. The van der Waals surface area contributed by atoms with E-state index in [-0.39, 0.29) is 10.8 Å². The van der Waals surface area contributed by atoms with Crippen molar-refractivity contribution in [2.45, 2.75) is 19.8 Å². The third-order valence-electron chi connectivity index (χ3n) is 3.27. The molecule has 0 radical (unpaired) electrons. The minimum atomic E-state index is -0.470. The number of halogens is 2. The Kier molecular flexibility index (Phi) is 3.90. The maximum atomic E-state index is 13.7. The zero-order valence-electron chi connectivity index (χ0n) is 11.9. The lowest BCUT2D eigenvalue weighted by molar-refractivity contribution is 0.0978. The van der Waals surface area contributed by atoms with Gasteiger partial charge in [0.05, 0.1) is 0 Å². The van der Waals surface area contributed by atoms with E-state index in [0.29, 0.717) is 35.4 Å². The first kappa shape index (κ1) is 14.7. The average molecular weight is 318 g/mol. The molecule has 4 nitrogen and oxygen atoms in total. The number of hydrogen-bond acceptors (Lipinski definition) is 3. The van der Waals surface area contributed by atoms with Crippen LogP contribution < -0.4 is 0 Å². The predicted molar refractivity (Wildman–Crippen MR) is 82.6 cm³/mol. The minimum absolute atomic E-state index is 0.0941. The SMILES string of the molecule is CCCC(=O)c1nc2cccnn2c1-c1cc(F)cc(Cl)c1. The lowest BCUT2D eigenvalue weighted by Crippen LogP contribution is -2.02. The van der Waals surface area contributed by atoms with Crippen LogP contribution in [0.5, 0.6) is 0 Å². The zero-order chi connectivity index (χ0) is 15.7. The Morgan fingerprint density at radius 3 is 2.91 bits per heavy atom. The van der Waals surface area contributed by atoms with Crippen LogP contribution >= 0.6 is 11.6 Å². The molecule has 2 aromatic heterocycles. The van der Waals surface area contributed by atoms with Crippen molar-refractivity contribution in [2.75, 3.05) is 0 Å². The molecule has 0 N–H and O–H groups in total. The lowest BCUT2D eigenvalue weighted by Gasteiger charge is -2.05. The molecule has 0 aliphatic heterocycles. The molecule has 22 heavy (non-hydrogen) atoms. The number of hydrogen-bond donors (Lipinski definition) is 0. The molecular formula is C16H13ClFN3O. The van der Waals surface area contributed by atoms with Gasteiger partial charge < -0.3 is 0 Å². The van der Waals surface area contributed by atoms with Crippen LogP contribution in [-0.2, 0) is 0 Å². The Bertz CT molecular complexity index is 839. The fraction of sp³-hybridized carbons (Fsp3) is 0.188. The first-order chi connectivity index (χ1) is 10.6. The number of Topliss-reactive ketones (excluding diaryl/α,β-unsaturated/α-hetero) is 1. The molecule has 0 fully saturated rings. The molecule has 0 aliphatic carbocycles. The molecule has 0 aliphatic rings. The summed E-state index contributed by atoms with van der Waals surface area (Å²) in [4.78, 5) is 16.7. The summed E-state index contributed by atoms with van der Waals surface area (Å²) in [5, 5.41) is 4.48. The summed E-state index contributed by atoms with van der Waals surface area (Å²) in [5.74, 6) is -0.564. The van der Waals surface area contributed by atoms with Gasteiger partial charge in [0, 0.05) is 23.2 Å². The first-order valence-electron chi connectivity index (χ1n) is 6.93. The van der Waals surface area contributed by atoms with Gasteiger partial charge in [-0.3, -0.25) is 4.79 Å². The lowest BCUT2D eigenvalue weighted by atomic mass is 10.1. The van der Waals surface area contributed by atoms with Crippen molar-refractivity contribution < 1.29 is 9.18 Å². The van der Waals surface area contributed by atoms with Crippen LogP contribution in [0, 0.1) is 5.82 Å². The predicted octanol–water partition coefficient (Wildman–Crippen LogP) is 4.17. The number of nitrogens with zero attached hydrogens (tertiary/aromatic N) is 3. The fourth-order valence-corrected chi connectivity index (χ4v) is 2.60. The van der Waals surface area contributed by atoms with Crippen molar-refractivity contribution >= 4 is 23.0 Å². The molecule has 3 rings (SSSR count). The largest absolute Gasteiger partial charge is 0.292 e.